The first-order valence-corrected chi connectivity index (χ1v) is 4.50. The minimum atomic E-state index is -0.564. The molecule has 1 aromatic heterocycles. The summed E-state index contributed by atoms with van der Waals surface area (Å²) in [6, 6.07) is 0. The number of ketones is 2. The van der Waals surface area contributed by atoms with E-state index in [9.17, 15) is 9.59 Å². The highest BCUT2D eigenvalue weighted by molar-refractivity contribution is 6.07. The Balaban J connectivity index is 2.61. The molecule has 5 heteroatoms. The minimum absolute atomic E-state index is 0.201. The first-order chi connectivity index (χ1) is 7.15. The van der Waals surface area contributed by atoms with Crippen molar-refractivity contribution in [2.75, 3.05) is 7.11 Å². The summed E-state index contributed by atoms with van der Waals surface area (Å²) in [7, 11) is 1.43. The summed E-state index contributed by atoms with van der Waals surface area (Å²) < 4.78 is 4.81. The van der Waals surface area contributed by atoms with E-state index in [-0.39, 0.29) is 23.7 Å². The quantitative estimate of drug-likeness (QED) is 0.525. The number of methoxy groups -OCH3 is 1. The van der Waals surface area contributed by atoms with Crippen molar-refractivity contribution in [2.24, 2.45) is 0 Å². The van der Waals surface area contributed by atoms with Gasteiger partial charge < -0.3 is 4.74 Å². The summed E-state index contributed by atoms with van der Waals surface area (Å²) in [5.41, 5.74) is 0.203. The summed E-state index contributed by atoms with van der Waals surface area (Å²) in [5.74, 6) is -0.592. The smallest absolute Gasteiger partial charge is 0.190 e. The number of carbonyl (C=O) groups excluding carboxylic acids is 2. The number of hydrogen-bond acceptors (Lipinski definition) is 5. The highest BCUT2D eigenvalue weighted by atomic mass is 16.5. The van der Waals surface area contributed by atoms with Gasteiger partial charge in [0.1, 0.15) is 11.8 Å². The number of Topliss-reactive ketones (excluding diaryl/α,β-unsaturated/α-hetero) is 2. The molecule has 1 rings (SSSR count). The third-order valence-electron chi connectivity index (χ3n) is 1.99. The zero-order valence-corrected chi connectivity index (χ0v) is 8.64. The van der Waals surface area contributed by atoms with Crippen LogP contribution in [0.4, 0.5) is 0 Å². The highest BCUT2D eigenvalue weighted by Crippen LogP contribution is 2.02. The van der Waals surface area contributed by atoms with Gasteiger partial charge in [0, 0.05) is 19.5 Å². The lowest BCUT2D eigenvalue weighted by Crippen LogP contribution is -2.22. The number of aromatic nitrogens is 2. The van der Waals surface area contributed by atoms with Gasteiger partial charge in [-0.2, -0.15) is 0 Å². The van der Waals surface area contributed by atoms with Crippen LogP contribution in [0.3, 0.4) is 0 Å². The SMILES string of the molecule is COC(C)C(=O)CC(=O)c1cnccn1. The molecule has 0 fully saturated rings. The number of nitrogens with zero attached hydrogens (tertiary/aromatic N) is 2. The molecule has 80 valence electrons. The fourth-order valence-corrected chi connectivity index (χ4v) is 0.967. The van der Waals surface area contributed by atoms with Gasteiger partial charge in [0.2, 0.25) is 0 Å². The molecule has 1 atom stereocenters. The first kappa shape index (κ1) is 11.5. The summed E-state index contributed by atoms with van der Waals surface area (Å²) >= 11 is 0. The Kier molecular flexibility index (Phi) is 4.05. The van der Waals surface area contributed by atoms with Gasteiger partial charge in [-0.25, -0.2) is 4.98 Å². The van der Waals surface area contributed by atoms with Gasteiger partial charge in [0.25, 0.3) is 0 Å². The molecule has 0 saturated carbocycles. The molecule has 5 nitrogen and oxygen atoms in total. The lowest BCUT2D eigenvalue weighted by atomic mass is 10.1. The molecule has 1 heterocycles. The fourth-order valence-electron chi connectivity index (χ4n) is 0.967. The monoisotopic (exact) mass is 208 g/mol. The van der Waals surface area contributed by atoms with E-state index in [1.165, 1.54) is 25.7 Å². The largest absolute Gasteiger partial charge is 0.374 e. The summed E-state index contributed by atoms with van der Waals surface area (Å²) in [5, 5.41) is 0. The molecule has 0 saturated heterocycles. The average Bonchev–Trinajstić information content (AvgIpc) is 2.29. The average molecular weight is 208 g/mol. The zero-order chi connectivity index (χ0) is 11.3. The maximum Gasteiger partial charge on any atom is 0.190 e. The summed E-state index contributed by atoms with van der Waals surface area (Å²) in [6.45, 7) is 1.60. The van der Waals surface area contributed by atoms with Gasteiger partial charge in [-0.1, -0.05) is 0 Å². The fraction of sp³-hybridized carbons (Fsp3) is 0.400. The molecule has 0 spiro atoms. The second-order valence-corrected chi connectivity index (χ2v) is 3.03. The van der Waals surface area contributed by atoms with Crippen molar-refractivity contribution in [3.05, 3.63) is 24.3 Å². The van der Waals surface area contributed by atoms with Crippen LogP contribution in [0.2, 0.25) is 0 Å². The van der Waals surface area contributed by atoms with Crippen molar-refractivity contribution >= 4 is 11.6 Å². The van der Waals surface area contributed by atoms with Crippen molar-refractivity contribution < 1.29 is 14.3 Å². The lowest BCUT2D eigenvalue weighted by Gasteiger charge is -2.06. The van der Waals surface area contributed by atoms with Crippen molar-refractivity contribution in [3.8, 4) is 0 Å². The number of rotatable bonds is 5. The first-order valence-electron chi connectivity index (χ1n) is 4.50. The van der Waals surface area contributed by atoms with Crippen molar-refractivity contribution in [1.82, 2.24) is 9.97 Å². The van der Waals surface area contributed by atoms with Gasteiger partial charge in [-0.05, 0) is 6.92 Å². The van der Waals surface area contributed by atoms with Crippen LogP contribution < -0.4 is 0 Å². The maximum absolute atomic E-state index is 11.5. The van der Waals surface area contributed by atoms with Crippen LogP contribution in [0, 0.1) is 0 Å². The van der Waals surface area contributed by atoms with E-state index in [0.29, 0.717) is 0 Å². The van der Waals surface area contributed by atoms with E-state index >= 15 is 0 Å². The second-order valence-electron chi connectivity index (χ2n) is 3.03. The van der Waals surface area contributed by atoms with E-state index in [0.717, 1.165) is 0 Å². The molecule has 0 N–H and O–H groups in total. The van der Waals surface area contributed by atoms with Gasteiger partial charge in [0.15, 0.2) is 11.6 Å². The molecule has 15 heavy (non-hydrogen) atoms. The van der Waals surface area contributed by atoms with E-state index in [1.807, 2.05) is 0 Å². The standard InChI is InChI=1S/C10H12N2O3/c1-7(15-2)9(13)5-10(14)8-6-11-3-4-12-8/h3-4,6-7H,5H2,1-2H3. The Morgan fingerprint density at radius 1 is 1.47 bits per heavy atom. The third kappa shape index (κ3) is 3.21. The molecule has 0 aliphatic heterocycles. The predicted octanol–water partition coefficient (Wildman–Crippen LogP) is 0.653. The number of carbonyl (C=O) groups is 2. The third-order valence-corrected chi connectivity index (χ3v) is 1.99. The lowest BCUT2D eigenvalue weighted by molar-refractivity contribution is -0.126. The van der Waals surface area contributed by atoms with Gasteiger partial charge >= 0.3 is 0 Å². The predicted molar refractivity (Wildman–Crippen MR) is 52.5 cm³/mol. The summed E-state index contributed by atoms with van der Waals surface area (Å²) in [4.78, 5) is 30.4. The van der Waals surface area contributed by atoms with Crippen LogP contribution in [-0.4, -0.2) is 34.7 Å². The molecule has 1 aromatic rings. The molecule has 0 radical (unpaired) electrons. The van der Waals surface area contributed by atoms with Crippen LogP contribution in [-0.2, 0) is 9.53 Å². The normalized spacial score (nSPS) is 12.1. The highest BCUT2D eigenvalue weighted by Gasteiger charge is 2.17. The maximum atomic E-state index is 11.5. The van der Waals surface area contributed by atoms with Crippen molar-refractivity contribution in [3.63, 3.8) is 0 Å². The van der Waals surface area contributed by atoms with Crippen molar-refractivity contribution in [1.29, 1.82) is 0 Å². The Labute approximate surface area is 87.5 Å². The van der Waals surface area contributed by atoms with Crippen LogP contribution in [0.5, 0.6) is 0 Å². The Bertz CT molecular complexity index is 351. The molecule has 0 amide bonds. The Morgan fingerprint density at radius 2 is 2.20 bits per heavy atom. The molecule has 0 aliphatic carbocycles. The Hall–Kier alpha value is -1.62. The summed E-state index contributed by atoms with van der Waals surface area (Å²) in [6.07, 6.45) is 3.46. The Morgan fingerprint density at radius 3 is 2.73 bits per heavy atom. The molecular formula is C10H12N2O3. The topological polar surface area (TPSA) is 69.2 Å². The van der Waals surface area contributed by atoms with E-state index in [1.54, 1.807) is 6.92 Å². The molecular weight excluding hydrogens is 196 g/mol. The van der Waals surface area contributed by atoms with Crippen LogP contribution in [0.1, 0.15) is 23.8 Å². The molecule has 0 aliphatic rings. The van der Waals surface area contributed by atoms with Gasteiger partial charge in [-0.15, -0.1) is 0 Å². The van der Waals surface area contributed by atoms with Gasteiger partial charge in [0.05, 0.1) is 12.6 Å². The van der Waals surface area contributed by atoms with Crippen LogP contribution >= 0.6 is 0 Å². The van der Waals surface area contributed by atoms with E-state index in [2.05, 4.69) is 9.97 Å². The minimum Gasteiger partial charge on any atom is -0.374 e. The van der Waals surface area contributed by atoms with Gasteiger partial charge in [-0.3, -0.25) is 14.6 Å². The van der Waals surface area contributed by atoms with E-state index < -0.39 is 6.10 Å². The number of ether oxygens (including phenoxy) is 1. The van der Waals surface area contributed by atoms with Crippen LogP contribution in [0.25, 0.3) is 0 Å². The molecule has 0 bridgehead atoms. The zero-order valence-electron chi connectivity index (χ0n) is 8.64. The van der Waals surface area contributed by atoms with Crippen LogP contribution in [0.15, 0.2) is 18.6 Å². The second kappa shape index (κ2) is 5.31. The van der Waals surface area contributed by atoms with E-state index in [4.69, 9.17) is 4.74 Å². The van der Waals surface area contributed by atoms with Crippen molar-refractivity contribution in [2.45, 2.75) is 19.4 Å². The molecule has 1 unspecified atom stereocenters. The number of hydrogen-bond donors (Lipinski definition) is 0. The molecule has 0 aromatic carbocycles.